The molecule has 0 radical (unpaired) electrons. The van der Waals surface area contributed by atoms with E-state index in [0.717, 1.165) is 5.56 Å². The van der Waals surface area contributed by atoms with Crippen LogP contribution in [-0.4, -0.2) is 51.3 Å². The molecule has 2 amide bonds. The fourth-order valence-corrected chi connectivity index (χ4v) is 3.43. The number of carboxylic acids is 1. The lowest BCUT2D eigenvalue weighted by Crippen LogP contribution is -2.49. The average Bonchev–Trinajstić information content (AvgIpc) is 2.92. The highest BCUT2D eigenvalue weighted by Crippen LogP contribution is 2.29. The number of nitrogens with zero attached hydrogens (tertiary/aromatic N) is 2. The SMILES string of the molecule is CCN(C(=O)N1CSCC1C(=O)O)c1cc(O)ccc1C. The van der Waals surface area contributed by atoms with Gasteiger partial charge in [0.25, 0.3) is 0 Å². The highest BCUT2D eigenvalue weighted by atomic mass is 32.2. The van der Waals surface area contributed by atoms with Gasteiger partial charge in [0, 0.05) is 18.4 Å². The van der Waals surface area contributed by atoms with Crippen LogP contribution in [0.5, 0.6) is 5.75 Å². The summed E-state index contributed by atoms with van der Waals surface area (Å²) in [6.45, 7) is 4.06. The highest BCUT2D eigenvalue weighted by Gasteiger charge is 2.37. The molecule has 0 spiro atoms. The average molecular weight is 310 g/mol. The fourth-order valence-electron chi connectivity index (χ4n) is 2.29. The third kappa shape index (κ3) is 3.07. The second kappa shape index (κ2) is 6.26. The van der Waals surface area contributed by atoms with E-state index in [9.17, 15) is 19.8 Å². The van der Waals surface area contributed by atoms with Gasteiger partial charge in [-0.3, -0.25) is 4.90 Å². The molecule has 6 nitrogen and oxygen atoms in total. The second-order valence-corrected chi connectivity index (χ2v) is 5.82. The molecule has 0 aliphatic carbocycles. The molecule has 0 bridgehead atoms. The summed E-state index contributed by atoms with van der Waals surface area (Å²) in [6, 6.07) is 3.67. The van der Waals surface area contributed by atoms with Gasteiger partial charge in [-0.2, -0.15) is 0 Å². The second-order valence-electron chi connectivity index (χ2n) is 4.82. The fraction of sp³-hybridized carbons (Fsp3) is 0.429. The quantitative estimate of drug-likeness (QED) is 0.893. The maximum absolute atomic E-state index is 12.6. The summed E-state index contributed by atoms with van der Waals surface area (Å²) in [5.41, 5.74) is 1.45. The molecule has 0 saturated carbocycles. The molecule has 1 fully saturated rings. The molecule has 1 aromatic carbocycles. The van der Waals surface area contributed by atoms with Crippen molar-refractivity contribution in [1.82, 2.24) is 4.90 Å². The Morgan fingerprint density at radius 3 is 2.81 bits per heavy atom. The summed E-state index contributed by atoms with van der Waals surface area (Å²) in [5, 5.41) is 18.8. The summed E-state index contributed by atoms with van der Waals surface area (Å²) in [4.78, 5) is 26.7. The van der Waals surface area contributed by atoms with Crippen LogP contribution < -0.4 is 4.90 Å². The molecule has 2 rings (SSSR count). The van der Waals surface area contributed by atoms with Crippen molar-refractivity contribution in [1.29, 1.82) is 0 Å². The first kappa shape index (κ1) is 15.5. The number of phenolic OH excluding ortho intramolecular Hbond substituents is 1. The number of aryl methyl sites for hydroxylation is 1. The number of aliphatic carboxylic acids is 1. The van der Waals surface area contributed by atoms with Crippen LogP contribution >= 0.6 is 11.8 Å². The number of amides is 2. The largest absolute Gasteiger partial charge is 0.508 e. The van der Waals surface area contributed by atoms with Crippen LogP contribution in [0.15, 0.2) is 18.2 Å². The van der Waals surface area contributed by atoms with Gasteiger partial charge in [0.05, 0.1) is 11.6 Å². The standard InChI is InChI=1S/C14H18N2O4S/c1-3-15(11-6-10(17)5-4-9(11)2)14(20)16-8-21-7-12(16)13(18)19/h4-6,12,17H,3,7-8H2,1-2H3,(H,18,19). The topological polar surface area (TPSA) is 81.1 Å². The van der Waals surface area contributed by atoms with Crippen molar-refractivity contribution in [2.45, 2.75) is 19.9 Å². The first-order valence-electron chi connectivity index (χ1n) is 6.64. The summed E-state index contributed by atoms with van der Waals surface area (Å²) < 4.78 is 0. The third-order valence-electron chi connectivity index (χ3n) is 3.44. The Balaban J connectivity index is 2.30. The molecule has 2 N–H and O–H groups in total. The van der Waals surface area contributed by atoms with E-state index in [1.165, 1.54) is 27.6 Å². The van der Waals surface area contributed by atoms with Crippen LogP contribution in [0.2, 0.25) is 0 Å². The van der Waals surface area contributed by atoms with Crippen LogP contribution in [0.4, 0.5) is 10.5 Å². The number of phenols is 1. The van der Waals surface area contributed by atoms with E-state index < -0.39 is 12.0 Å². The molecule has 7 heteroatoms. The Kier molecular flexibility index (Phi) is 4.62. The Morgan fingerprint density at radius 1 is 1.48 bits per heavy atom. The van der Waals surface area contributed by atoms with Gasteiger partial charge in [-0.15, -0.1) is 11.8 Å². The number of urea groups is 1. The third-order valence-corrected chi connectivity index (χ3v) is 4.46. The number of anilines is 1. The smallest absolute Gasteiger partial charge is 0.327 e. The van der Waals surface area contributed by atoms with E-state index in [0.29, 0.717) is 23.9 Å². The van der Waals surface area contributed by atoms with E-state index in [4.69, 9.17) is 0 Å². The highest BCUT2D eigenvalue weighted by molar-refractivity contribution is 7.99. The van der Waals surface area contributed by atoms with Crippen LogP contribution in [-0.2, 0) is 4.79 Å². The maximum Gasteiger partial charge on any atom is 0.327 e. The maximum atomic E-state index is 12.6. The van der Waals surface area contributed by atoms with Crippen molar-refractivity contribution in [3.8, 4) is 5.75 Å². The molecule has 21 heavy (non-hydrogen) atoms. The lowest BCUT2D eigenvalue weighted by molar-refractivity contribution is -0.140. The Labute approximate surface area is 127 Å². The molecular formula is C14H18N2O4S. The van der Waals surface area contributed by atoms with Gasteiger partial charge in [-0.25, -0.2) is 9.59 Å². The molecule has 1 aromatic rings. The van der Waals surface area contributed by atoms with Crippen LogP contribution in [0.3, 0.4) is 0 Å². The molecule has 1 atom stereocenters. The number of carbonyl (C=O) groups excluding carboxylic acids is 1. The Hall–Kier alpha value is -1.89. The minimum absolute atomic E-state index is 0.0763. The number of rotatable bonds is 3. The van der Waals surface area contributed by atoms with Crippen molar-refractivity contribution in [3.63, 3.8) is 0 Å². The van der Waals surface area contributed by atoms with Gasteiger partial charge < -0.3 is 15.1 Å². The van der Waals surface area contributed by atoms with Gasteiger partial charge >= 0.3 is 12.0 Å². The van der Waals surface area contributed by atoms with Crippen molar-refractivity contribution < 1.29 is 19.8 Å². The zero-order valence-corrected chi connectivity index (χ0v) is 12.8. The van der Waals surface area contributed by atoms with E-state index >= 15 is 0 Å². The number of aromatic hydroxyl groups is 1. The number of benzene rings is 1. The molecule has 1 unspecified atom stereocenters. The molecule has 1 heterocycles. The summed E-state index contributed by atoms with van der Waals surface area (Å²) in [7, 11) is 0. The van der Waals surface area contributed by atoms with Crippen molar-refractivity contribution >= 4 is 29.4 Å². The van der Waals surface area contributed by atoms with Gasteiger partial charge in [-0.05, 0) is 25.5 Å². The van der Waals surface area contributed by atoms with Gasteiger partial charge in [0.1, 0.15) is 11.8 Å². The zero-order valence-electron chi connectivity index (χ0n) is 11.9. The molecule has 114 valence electrons. The van der Waals surface area contributed by atoms with Crippen molar-refractivity contribution in [3.05, 3.63) is 23.8 Å². The van der Waals surface area contributed by atoms with Crippen LogP contribution in [0.1, 0.15) is 12.5 Å². The first-order chi connectivity index (χ1) is 9.95. The number of thioether (sulfide) groups is 1. The van der Waals surface area contributed by atoms with Crippen molar-refractivity contribution in [2.75, 3.05) is 23.1 Å². The first-order valence-corrected chi connectivity index (χ1v) is 7.79. The van der Waals surface area contributed by atoms with Gasteiger partial charge in [-0.1, -0.05) is 6.07 Å². The Bertz CT molecular complexity index is 564. The van der Waals surface area contributed by atoms with Crippen LogP contribution in [0, 0.1) is 6.92 Å². The molecule has 0 aromatic heterocycles. The van der Waals surface area contributed by atoms with Gasteiger partial charge in [0.15, 0.2) is 0 Å². The number of hydrogen-bond donors (Lipinski definition) is 2. The number of hydrogen-bond acceptors (Lipinski definition) is 4. The predicted molar refractivity (Wildman–Crippen MR) is 81.8 cm³/mol. The van der Waals surface area contributed by atoms with E-state index in [1.807, 2.05) is 13.8 Å². The molecular weight excluding hydrogens is 292 g/mol. The van der Waals surface area contributed by atoms with E-state index in [1.54, 1.807) is 12.1 Å². The van der Waals surface area contributed by atoms with Crippen molar-refractivity contribution in [2.24, 2.45) is 0 Å². The predicted octanol–water partition coefficient (Wildman–Crippen LogP) is 2.11. The Morgan fingerprint density at radius 2 is 2.19 bits per heavy atom. The molecule has 1 aliphatic heterocycles. The minimum atomic E-state index is -0.989. The minimum Gasteiger partial charge on any atom is -0.508 e. The normalized spacial score (nSPS) is 17.8. The lowest BCUT2D eigenvalue weighted by Gasteiger charge is -2.30. The summed E-state index contributed by atoms with van der Waals surface area (Å²) >= 11 is 1.43. The van der Waals surface area contributed by atoms with Gasteiger partial charge in [0.2, 0.25) is 0 Å². The summed E-state index contributed by atoms with van der Waals surface area (Å²) in [5.74, 6) is -0.147. The van der Waals surface area contributed by atoms with Crippen LogP contribution in [0.25, 0.3) is 0 Å². The summed E-state index contributed by atoms with van der Waals surface area (Å²) in [6.07, 6.45) is 0. The number of carbonyl (C=O) groups is 2. The van der Waals surface area contributed by atoms with E-state index in [2.05, 4.69) is 0 Å². The lowest BCUT2D eigenvalue weighted by atomic mass is 10.1. The zero-order chi connectivity index (χ0) is 15.6. The molecule has 1 aliphatic rings. The van der Waals surface area contributed by atoms with E-state index in [-0.39, 0.29) is 11.8 Å². The molecule has 1 saturated heterocycles. The number of carboxylic acid groups (broad SMARTS) is 1. The monoisotopic (exact) mass is 310 g/mol.